The minimum Gasteiger partial charge on any atom is -0.495 e. The summed E-state index contributed by atoms with van der Waals surface area (Å²) in [5, 5.41) is 6.79. The Kier molecular flexibility index (Phi) is 10.0. The van der Waals surface area contributed by atoms with Gasteiger partial charge in [0.05, 0.1) is 30.6 Å². The van der Waals surface area contributed by atoms with Crippen LogP contribution in [0.3, 0.4) is 0 Å². The first-order valence-electron chi connectivity index (χ1n) is 15.2. The third kappa shape index (κ3) is 7.07. The summed E-state index contributed by atoms with van der Waals surface area (Å²) >= 11 is 0. The highest BCUT2D eigenvalue weighted by Crippen LogP contribution is 2.36. The summed E-state index contributed by atoms with van der Waals surface area (Å²) in [5.41, 5.74) is 8.40. The van der Waals surface area contributed by atoms with Gasteiger partial charge in [0.25, 0.3) is 5.91 Å². The smallest absolute Gasteiger partial charge is 0.271 e. The summed E-state index contributed by atoms with van der Waals surface area (Å²) in [6.45, 7) is 8.59. The maximum absolute atomic E-state index is 12.4. The monoisotopic (exact) mass is 578 g/mol. The summed E-state index contributed by atoms with van der Waals surface area (Å²) in [5.74, 6) is 1.12. The Hall–Kier alpha value is -3.15. The highest BCUT2D eigenvalue weighted by Gasteiger charge is 2.28. The SMILES string of the molecule is CCc1nc(C(N)=O)c(Nc2ccc(N3CCC(N4CCN(C)CC4)CC3)c(OC)c2)nc1N[C]1CC[C](OC)CC1. The number of amides is 1. The number of likely N-dealkylation sites (N-methyl/N-ethyl adjacent to an activating group) is 1. The van der Waals surface area contributed by atoms with Crippen LogP contribution in [-0.4, -0.2) is 92.3 Å². The number of anilines is 4. The Morgan fingerprint density at radius 3 is 2.29 bits per heavy atom. The van der Waals surface area contributed by atoms with Crippen molar-refractivity contribution in [3.05, 3.63) is 41.7 Å². The Bertz CT molecular complexity index is 1200. The lowest BCUT2D eigenvalue weighted by Gasteiger charge is -2.42. The van der Waals surface area contributed by atoms with E-state index in [2.05, 4.69) is 43.4 Å². The zero-order chi connectivity index (χ0) is 29.6. The minimum atomic E-state index is -0.622. The van der Waals surface area contributed by atoms with Crippen LogP contribution in [-0.2, 0) is 11.2 Å². The van der Waals surface area contributed by atoms with Crippen LogP contribution in [0.1, 0.15) is 61.6 Å². The predicted octanol–water partition coefficient (Wildman–Crippen LogP) is 3.80. The van der Waals surface area contributed by atoms with Gasteiger partial charge >= 0.3 is 0 Å². The highest BCUT2D eigenvalue weighted by atomic mass is 16.5. The summed E-state index contributed by atoms with van der Waals surface area (Å²) in [6.07, 6.45) is 7.55. The van der Waals surface area contributed by atoms with Crippen LogP contribution < -0.4 is 26.0 Å². The Morgan fingerprint density at radius 2 is 1.67 bits per heavy atom. The highest BCUT2D eigenvalue weighted by molar-refractivity contribution is 5.96. The molecule has 1 amide bonds. The summed E-state index contributed by atoms with van der Waals surface area (Å²) in [6, 6.07) is 7.85. The molecule has 11 nitrogen and oxygen atoms in total. The number of hydrogen-bond acceptors (Lipinski definition) is 10. The topological polar surface area (TPSA) is 121 Å². The lowest BCUT2D eigenvalue weighted by atomic mass is 9.93. The van der Waals surface area contributed by atoms with E-state index in [0.717, 1.165) is 101 Å². The first-order chi connectivity index (χ1) is 20.4. The van der Waals surface area contributed by atoms with Gasteiger partial charge < -0.3 is 35.6 Å². The fraction of sp³-hybridized carbons (Fsp3) is 0.581. The van der Waals surface area contributed by atoms with Gasteiger partial charge in [0.2, 0.25) is 0 Å². The number of methoxy groups -OCH3 is 2. The molecule has 0 unspecified atom stereocenters. The molecule has 2 saturated heterocycles. The van der Waals surface area contributed by atoms with Crippen LogP contribution in [0.25, 0.3) is 0 Å². The van der Waals surface area contributed by atoms with Crippen LogP contribution in [0.5, 0.6) is 5.75 Å². The third-order valence-electron chi connectivity index (χ3n) is 8.83. The Balaban J connectivity index is 1.30. The second-order valence-electron chi connectivity index (χ2n) is 11.5. The lowest BCUT2D eigenvalue weighted by Crippen LogP contribution is -2.52. The van der Waals surface area contributed by atoms with Gasteiger partial charge in [-0.3, -0.25) is 9.69 Å². The van der Waals surface area contributed by atoms with Gasteiger partial charge in [0.1, 0.15) is 5.75 Å². The van der Waals surface area contributed by atoms with Crippen LogP contribution >= 0.6 is 0 Å². The van der Waals surface area contributed by atoms with E-state index in [0.29, 0.717) is 29.8 Å². The number of nitrogens with two attached hydrogens (primary N) is 1. The van der Waals surface area contributed by atoms with Gasteiger partial charge in [0.15, 0.2) is 17.3 Å². The first-order valence-corrected chi connectivity index (χ1v) is 15.2. The molecule has 228 valence electrons. The zero-order valence-electron chi connectivity index (χ0n) is 25.5. The number of carbonyl (C=O) groups excluding carboxylic acids is 1. The fourth-order valence-electron chi connectivity index (χ4n) is 6.22. The second kappa shape index (κ2) is 13.9. The van der Waals surface area contributed by atoms with Gasteiger partial charge in [-0.25, -0.2) is 9.97 Å². The van der Waals surface area contributed by atoms with Gasteiger partial charge in [0, 0.05) is 64.2 Å². The van der Waals surface area contributed by atoms with E-state index < -0.39 is 5.91 Å². The van der Waals surface area contributed by atoms with E-state index in [9.17, 15) is 4.79 Å². The maximum atomic E-state index is 12.4. The third-order valence-corrected chi connectivity index (χ3v) is 8.83. The number of hydrogen-bond donors (Lipinski definition) is 3. The number of aromatic nitrogens is 2. The van der Waals surface area contributed by atoms with E-state index in [4.69, 9.17) is 20.2 Å². The molecule has 3 heterocycles. The maximum Gasteiger partial charge on any atom is 0.271 e. The molecule has 0 bridgehead atoms. The summed E-state index contributed by atoms with van der Waals surface area (Å²) in [4.78, 5) is 29.3. The molecule has 11 heteroatoms. The lowest BCUT2D eigenvalue weighted by molar-refractivity contribution is 0.0981. The Morgan fingerprint density at radius 1 is 0.952 bits per heavy atom. The van der Waals surface area contributed by atoms with Crippen LogP contribution in [0.4, 0.5) is 23.0 Å². The van der Waals surface area contributed by atoms with Crippen molar-refractivity contribution in [1.82, 2.24) is 19.8 Å². The molecule has 2 aromatic rings. The van der Waals surface area contributed by atoms with Crippen molar-refractivity contribution in [2.24, 2.45) is 5.73 Å². The molecule has 5 rings (SSSR count). The molecule has 1 aromatic heterocycles. The molecule has 4 N–H and O–H groups in total. The van der Waals surface area contributed by atoms with Gasteiger partial charge in [-0.1, -0.05) is 6.92 Å². The molecule has 1 aromatic carbocycles. The quantitative estimate of drug-likeness (QED) is 0.384. The van der Waals surface area contributed by atoms with Crippen molar-refractivity contribution in [3.8, 4) is 5.75 Å². The first kappa shape index (κ1) is 30.3. The van der Waals surface area contributed by atoms with E-state index in [1.54, 1.807) is 14.2 Å². The van der Waals surface area contributed by atoms with E-state index >= 15 is 0 Å². The molecule has 2 radical (unpaired) electrons. The van der Waals surface area contributed by atoms with Crippen molar-refractivity contribution < 1.29 is 14.3 Å². The van der Waals surface area contributed by atoms with Crippen molar-refractivity contribution in [2.45, 2.75) is 57.9 Å². The standard InChI is InChI=1S/C31H46N8O3/c1-5-25-30(33-21-6-9-24(41-3)10-7-21)36-31(28(35-25)29(32)40)34-22-8-11-26(27(20-22)42-4)39-14-12-23(13-15-39)38-18-16-37(2)17-19-38/h8,11,20,23H,5-7,9-10,12-19H2,1-4H3,(H2,32,40)(H2,33,34,36). The fourth-order valence-corrected chi connectivity index (χ4v) is 6.22. The summed E-state index contributed by atoms with van der Waals surface area (Å²) < 4.78 is 11.3. The predicted molar refractivity (Wildman–Crippen MR) is 166 cm³/mol. The number of carbonyl (C=O) groups is 1. The van der Waals surface area contributed by atoms with Gasteiger partial charge in [-0.2, -0.15) is 0 Å². The molecule has 1 saturated carbocycles. The average molecular weight is 579 g/mol. The number of benzene rings is 1. The second-order valence-corrected chi connectivity index (χ2v) is 11.5. The van der Waals surface area contributed by atoms with Gasteiger partial charge in [-0.05, 0) is 64.1 Å². The van der Waals surface area contributed by atoms with Crippen LogP contribution in [0.15, 0.2) is 18.2 Å². The van der Waals surface area contributed by atoms with E-state index in [1.807, 2.05) is 19.1 Å². The van der Waals surface area contributed by atoms with Crippen molar-refractivity contribution in [1.29, 1.82) is 0 Å². The minimum absolute atomic E-state index is 0.120. The van der Waals surface area contributed by atoms with Crippen LogP contribution in [0.2, 0.25) is 0 Å². The number of piperazine rings is 1. The summed E-state index contributed by atoms with van der Waals surface area (Å²) in [7, 11) is 5.63. The normalized spacial score (nSPS) is 20.0. The molecule has 3 fully saturated rings. The zero-order valence-corrected chi connectivity index (χ0v) is 25.5. The van der Waals surface area contributed by atoms with Crippen molar-refractivity contribution >= 4 is 28.9 Å². The molecule has 3 aliphatic rings. The molecule has 42 heavy (non-hydrogen) atoms. The largest absolute Gasteiger partial charge is 0.495 e. The molecule has 2 aliphatic heterocycles. The van der Waals surface area contributed by atoms with Crippen molar-refractivity contribution in [2.75, 3.05) is 76.1 Å². The molecule has 1 aliphatic carbocycles. The molecule has 0 atom stereocenters. The number of aryl methyl sites for hydroxylation is 1. The van der Waals surface area contributed by atoms with Crippen LogP contribution in [0, 0.1) is 12.1 Å². The number of primary amides is 1. The van der Waals surface area contributed by atoms with E-state index in [1.165, 1.54) is 6.04 Å². The number of nitrogens with zero attached hydrogens (tertiary/aromatic N) is 5. The van der Waals surface area contributed by atoms with Gasteiger partial charge in [-0.15, -0.1) is 0 Å². The average Bonchev–Trinajstić information content (AvgIpc) is 3.02. The molecule has 0 spiro atoms. The Labute approximate surface area is 250 Å². The van der Waals surface area contributed by atoms with Crippen molar-refractivity contribution in [3.63, 3.8) is 0 Å². The van der Waals surface area contributed by atoms with E-state index in [-0.39, 0.29) is 5.69 Å². The molecular formula is C31H46N8O3. The number of piperidine rings is 1. The molecular weight excluding hydrogens is 532 g/mol. The number of ether oxygens (including phenoxy) is 2. The number of rotatable bonds is 10. The number of nitrogens with one attached hydrogen (secondary N) is 2.